The molecule has 1 saturated carbocycles. The van der Waals surface area contributed by atoms with Gasteiger partial charge in [-0.2, -0.15) is 0 Å². The van der Waals surface area contributed by atoms with E-state index < -0.39 is 11.6 Å². The highest BCUT2D eigenvalue weighted by molar-refractivity contribution is 5.19. The molecule has 18 heavy (non-hydrogen) atoms. The summed E-state index contributed by atoms with van der Waals surface area (Å²) in [6.07, 6.45) is 5.46. The van der Waals surface area contributed by atoms with Gasteiger partial charge in [-0.1, -0.05) is 25.0 Å². The minimum absolute atomic E-state index is 0.475. The number of hydrogen-bond acceptors (Lipinski definition) is 1. The van der Waals surface area contributed by atoms with Crippen molar-refractivity contribution in [1.82, 2.24) is 5.32 Å². The largest absolute Gasteiger partial charge is 0.319 e. The van der Waals surface area contributed by atoms with Crippen molar-refractivity contribution in [2.75, 3.05) is 13.6 Å². The summed E-state index contributed by atoms with van der Waals surface area (Å²) in [5.74, 6) is -0.325. The molecule has 2 rings (SSSR count). The Kier molecular flexibility index (Phi) is 4.70. The standard InChI is InChI=1S/C15H21F2N/c1-18-10-13-6-3-2-5-11(13)9-12-7-4-8-14(16)15(12)17/h4,7-8,11,13,18H,2-3,5-6,9-10H2,1H3. The molecule has 0 heterocycles. The van der Waals surface area contributed by atoms with Crippen LogP contribution in [-0.2, 0) is 6.42 Å². The summed E-state index contributed by atoms with van der Waals surface area (Å²) in [5, 5.41) is 3.21. The number of nitrogens with one attached hydrogen (secondary N) is 1. The maximum atomic E-state index is 13.7. The SMILES string of the molecule is CNCC1CCCCC1Cc1cccc(F)c1F. The lowest BCUT2D eigenvalue weighted by atomic mass is 9.76. The van der Waals surface area contributed by atoms with E-state index in [0.717, 1.165) is 13.0 Å². The summed E-state index contributed by atoms with van der Waals surface area (Å²) in [7, 11) is 1.95. The van der Waals surface area contributed by atoms with Gasteiger partial charge in [-0.05, 0) is 56.3 Å². The number of rotatable bonds is 4. The first-order chi connectivity index (χ1) is 8.72. The Bertz CT molecular complexity index is 390. The lowest BCUT2D eigenvalue weighted by Crippen LogP contribution is -2.30. The van der Waals surface area contributed by atoms with Crippen molar-refractivity contribution in [3.8, 4) is 0 Å². The second kappa shape index (κ2) is 6.28. The maximum absolute atomic E-state index is 13.7. The molecule has 1 fully saturated rings. The van der Waals surface area contributed by atoms with Crippen LogP contribution in [0.5, 0.6) is 0 Å². The van der Waals surface area contributed by atoms with Gasteiger partial charge < -0.3 is 5.32 Å². The number of halogens is 2. The second-order valence-electron chi connectivity index (χ2n) is 5.28. The molecule has 1 aliphatic rings. The van der Waals surface area contributed by atoms with Gasteiger partial charge in [0.1, 0.15) is 0 Å². The zero-order valence-corrected chi connectivity index (χ0v) is 10.9. The van der Waals surface area contributed by atoms with Crippen LogP contribution in [0.2, 0.25) is 0 Å². The molecular formula is C15H21F2N. The molecule has 1 nitrogen and oxygen atoms in total. The first-order valence-electron chi connectivity index (χ1n) is 6.80. The number of benzene rings is 1. The van der Waals surface area contributed by atoms with Crippen molar-refractivity contribution in [1.29, 1.82) is 0 Å². The lowest BCUT2D eigenvalue weighted by molar-refractivity contribution is 0.230. The molecule has 0 bridgehead atoms. The van der Waals surface area contributed by atoms with Crippen LogP contribution in [0.15, 0.2) is 18.2 Å². The molecule has 0 amide bonds. The van der Waals surface area contributed by atoms with Crippen molar-refractivity contribution < 1.29 is 8.78 Å². The molecule has 1 aliphatic carbocycles. The Morgan fingerprint density at radius 1 is 1.17 bits per heavy atom. The van der Waals surface area contributed by atoms with Crippen molar-refractivity contribution in [2.24, 2.45) is 11.8 Å². The van der Waals surface area contributed by atoms with Gasteiger partial charge in [0.2, 0.25) is 0 Å². The van der Waals surface area contributed by atoms with Gasteiger partial charge in [0.25, 0.3) is 0 Å². The summed E-state index contributed by atoms with van der Waals surface area (Å²) in [4.78, 5) is 0. The molecule has 1 aromatic carbocycles. The van der Waals surface area contributed by atoms with E-state index in [9.17, 15) is 8.78 Å². The van der Waals surface area contributed by atoms with E-state index in [-0.39, 0.29) is 0 Å². The number of hydrogen-bond donors (Lipinski definition) is 1. The summed E-state index contributed by atoms with van der Waals surface area (Å²) < 4.78 is 26.9. The quantitative estimate of drug-likeness (QED) is 0.865. The zero-order valence-electron chi connectivity index (χ0n) is 10.9. The lowest BCUT2D eigenvalue weighted by Gasteiger charge is -2.31. The van der Waals surface area contributed by atoms with Crippen molar-refractivity contribution >= 4 is 0 Å². The fraction of sp³-hybridized carbons (Fsp3) is 0.600. The van der Waals surface area contributed by atoms with Crippen LogP contribution < -0.4 is 5.32 Å². The van der Waals surface area contributed by atoms with Crippen molar-refractivity contribution in [3.05, 3.63) is 35.4 Å². The van der Waals surface area contributed by atoms with Gasteiger partial charge in [-0.15, -0.1) is 0 Å². The summed E-state index contributed by atoms with van der Waals surface area (Å²) >= 11 is 0. The zero-order chi connectivity index (χ0) is 13.0. The van der Waals surface area contributed by atoms with Crippen LogP contribution >= 0.6 is 0 Å². The molecule has 2 atom stereocenters. The minimum Gasteiger partial charge on any atom is -0.319 e. The third kappa shape index (κ3) is 3.08. The van der Waals surface area contributed by atoms with Gasteiger partial charge in [-0.25, -0.2) is 8.78 Å². The van der Waals surface area contributed by atoms with Crippen LogP contribution in [0.3, 0.4) is 0 Å². The van der Waals surface area contributed by atoms with Gasteiger partial charge in [0, 0.05) is 0 Å². The first-order valence-corrected chi connectivity index (χ1v) is 6.80. The van der Waals surface area contributed by atoms with Crippen LogP contribution in [-0.4, -0.2) is 13.6 Å². The Morgan fingerprint density at radius 3 is 2.61 bits per heavy atom. The predicted molar refractivity (Wildman–Crippen MR) is 69.4 cm³/mol. The molecule has 0 aromatic heterocycles. The first kappa shape index (κ1) is 13.5. The predicted octanol–water partition coefficient (Wildman–Crippen LogP) is 3.53. The molecule has 3 heteroatoms. The fourth-order valence-electron chi connectivity index (χ4n) is 3.07. The summed E-state index contributed by atoms with van der Waals surface area (Å²) in [6, 6.07) is 4.50. The fourth-order valence-corrected chi connectivity index (χ4v) is 3.07. The summed E-state index contributed by atoms with van der Waals surface area (Å²) in [6.45, 7) is 0.974. The molecule has 0 aliphatic heterocycles. The van der Waals surface area contributed by atoms with Crippen LogP contribution in [0.1, 0.15) is 31.2 Å². The van der Waals surface area contributed by atoms with Gasteiger partial charge in [0.15, 0.2) is 11.6 Å². The van der Waals surface area contributed by atoms with Crippen molar-refractivity contribution in [2.45, 2.75) is 32.1 Å². The minimum atomic E-state index is -0.728. The Balaban J connectivity index is 2.08. The smallest absolute Gasteiger partial charge is 0.162 e. The molecule has 1 aromatic rings. The van der Waals surface area contributed by atoms with Crippen molar-refractivity contribution in [3.63, 3.8) is 0 Å². The molecule has 0 radical (unpaired) electrons. The maximum Gasteiger partial charge on any atom is 0.162 e. The molecular weight excluding hydrogens is 232 g/mol. The average molecular weight is 253 g/mol. The topological polar surface area (TPSA) is 12.0 Å². The van der Waals surface area contributed by atoms with E-state index in [1.54, 1.807) is 12.1 Å². The molecule has 0 spiro atoms. The van der Waals surface area contributed by atoms with Gasteiger partial charge in [-0.3, -0.25) is 0 Å². The Hall–Kier alpha value is -0.960. The van der Waals surface area contributed by atoms with E-state index >= 15 is 0 Å². The van der Waals surface area contributed by atoms with E-state index in [1.807, 2.05) is 7.05 Å². The highest BCUT2D eigenvalue weighted by Gasteiger charge is 2.25. The second-order valence-corrected chi connectivity index (χ2v) is 5.28. The molecule has 100 valence electrons. The Morgan fingerprint density at radius 2 is 1.89 bits per heavy atom. The van der Waals surface area contributed by atoms with Crippen LogP contribution in [0, 0.1) is 23.5 Å². The average Bonchev–Trinajstić information content (AvgIpc) is 2.37. The monoisotopic (exact) mass is 253 g/mol. The van der Waals surface area contributed by atoms with Gasteiger partial charge >= 0.3 is 0 Å². The third-order valence-corrected chi connectivity index (χ3v) is 4.05. The van der Waals surface area contributed by atoms with E-state index in [2.05, 4.69) is 5.32 Å². The third-order valence-electron chi connectivity index (χ3n) is 4.05. The van der Waals surface area contributed by atoms with Crippen LogP contribution in [0.25, 0.3) is 0 Å². The highest BCUT2D eigenvalue weighted by Crippen LogP contribution is 2.32. The van der Waals surface area contributed by atoms with E-state index in [1.165, 1.54) is 25.3 Å². The van der Waals surface area contributed by atoms with Crippen LogP contribution in [0.4, 0.5) is 8.78 Å². The van der Waals surface area contributed by atoms with E-state index in [4.69, 9.17) is 0 Å². The van der Waals surface area contributed by atoms with Gasteiger partial charge in [0.05, 0.1) is 0 Å². The summed E-state index contributed by atoms with van der Waals surface area (Å²) in [5.41, 5.74) is 0.531. The van der Waals surface area contributed by atoms with E-state index in [0.29, 0.717) is 23.8 Å². The Labute approximate surface area is 108 Å². The molecule has 0 saturated heterocycles. The normalized spacial score (nSPS) is 24.2. The molecule has 2 unspecified atom stereocenters. The molecule has 1 N–H and O–H groups in total. The highest BCUT2D eigenvalue weighted by atomic mass is 19.2.